The lowest BCUT2D eigenvalue weighted by atomic mass is 10.6. The maximum Gasteiger partial charge on any atom is 0.318 e. The second-order valence-corrected chi connectivity index (χ2v) is 5.13. The van der Waals surface area contributed by atoms with Gasteiger partial charge in [0.1, 0.15) is 13.1 Å². The Labute approximate surface area is 89.5 Å². The molecule has 0 radical (unpaired) electrons. The Kier molecular flexibility index (Phi) is 4.63. The van der Waals surface area contributed by atoms with E-state index in [1.54, 1.807) is 13.8 Å². The SMILES string of the molecule is CC[N+](CC)(/N=C(/N)NCl)S(C)(=O)=O. The average molecular weight is 244 g/mol. The van der Waals surface area contributed by atoms with Gasteiger partial charge in [0.05, 0.1) is 6.26 Å². The van der Waals surface area contributed by atoms with E-state index in [9.17, 15) is 8.42 Å². The first-order chi connectivity index (χ1) is 6.33. The van der Waals surface area contributed by atoms with Crippen LogP contribution in [0.2, 0.25) is 0 Å². The van der Waals surface area contributed by atoms with Gasteiger partial charge >= 0.3 is 10.0 Å². The van der Waals surface area contributed by atoms with Crippen LogP contribution in [0, 0.1) is 0 Å². The van der Waals surface area contributed by atoms with Crippen LogP contribution in [0.4, 0.5) is 0 Å². The van der Waals surface area contributed by atoms with Crippen molar-refractivity contribution >= 4 is 27.8 Å². The van der Waals surface area contributed by atoms with Crippen molar-refractivity contribution < 1.29 is 12.4 Å². The average Bonchev–Trinajstić information content (AvgIpc) is 2.11. The number of hydrogen-bond donors (Lipinski definition) is 2. The minimum atomic E-state index is -3.36. The highest BCUT2D eigenvalue weighted by molar-refractivity contribution is 7.85. The summed E-state index contributed by atoms with van der Waals surface area (Å²) < 4.78 is 22.6. The summed E-state index contributed by atoms with van der Waals surface area (Å²) in [7, 11) is -3.36. The molecule has 0 fully saturated rings. The summed E-state index contributed by atoms with van der Waals surface area (Å²) >= 11 is 5.21. The highest BCUT2D eigenvalue weighted by atomic mass is 35.5. The van der Waals surface area contributed by atoms with Crippen molar-refractivity contribution in [1.82, 2.24) is 4.84 Å². The summed E-state index contributed by atoms with van der Waals surface area (Å²) in [6.45, 7) is 4.04. The van der Waals surface area contributed by atoms with Crippen LogP contribution >= 0.6 is 11.8 Å². The Balaban J connectivity index is 5.32. The molecule has 0 aromatic heterocycles. The number of hydrogen-bond acceptors (Lipinski definition) is 3. The van der Waals surface area contributed by atoms with E-state index in [0.29, 0.717) is 13.1 Å². The molecular weight excluding hydrogens is 228 g/mol. The summed E-state index contributed by atoms with van der Waals surface area (Å²) in [5.41, 5.74) is 5.33. The Morgan fingerprint density at radius 3 is 2.14 bits per heavy atom. The van der Waals surface area contributed by atoms with Crippen molar-refractivity contribution in [1.29, 1.82) is 0 Å². The van der Waals surface area contributed by atoms with Crippen molar-refractivity contribution in [3.8, 4) is 0 Å². The maximum absolute atomic E-state index is 11.5. The van der Waals surface area contributed by atoms with Gasteiger partial charge < -0.3 is 5.73 Å². The molecule has 6 nitrogen and oxygen atoms in total. The molecule has 0 bridgehead atoms. The molecule has 0 atom stereocenters. The number of nitrogens with zero attached hydrogens (tertiary/aromatic N) is 2. The fraction of sp³-hybridized carbons (Fsp3) is 0.833. The predicted octanol–water partition coefficient (Wildman–Crippen LogP) is -0.224. The Hall–Kier alpha value is -0.530. The van der Waals surface area contributed by atoms with E-state index in [0.717, 1.165) is 6.26 Å². The van der Waals surface area contributed by atoms with Gasteiger partial charge in [-0.2, -0.15) is 8.42 Å². The number of sulfonamides is 1. The van der Waals surface area contributed by atoms with Crippen LogP contribution in [0.15, 0.2) is 5.10 Å². The molecule has 0 amide bonds. The third kappa shape index (κ3) is 2.73. The van der Waals surface area contributed by atoms with E-state index >= 15 is 0 Å². The molecule has 0 unspecified atom stereocenters. The van der Waals surface area contributed by atoms with Gasteiger partial charge in [0.2, 0.25) is 0 Å². The van der Waals surface area contributed by atoms with E-state index in [-0.39, 0.29) is 5.96 Å². The smallest absolute Gasteiger partial charge is 0.318 e. The molecule has 0 rings (SSSR count). The lowest BCUT2D eigenvalue weighted by Gasteiger charge is -2.26. The summed E-state index contributed by atoms with van der Waals surface area (Å²) in [4.78, 5) is 2.08. The minimum Gasteiger partial charge on any atom is -0.364 e. The summed E-state index contributed by atoms with van der Waals surface area (Å²) in [5.74, 6) is -0.110. The van der Waals surface area contributed by atoms with Gasteiger partial charge in [-0.25, -0.2) is 0 Å². The molecule has 84 valence electrons. The van der Waals surface area contributed by atoms with Gasteiger partial charge in [-0.05, 0) is 18.9 Å². The van der Waals surface area contributed by atoms with Crippen molar-refractivity contribution in [2.75, 3.05) is 19.3 Å². The standard InChI is InChI=1S/C6H16ClN4O2S/c1-4-11(5-2,14(3,12)13)10-6(8)9-7/h4-5H2,1-3H3,(H3,8,9,10)/q+1. The maximum atomic E-state index is 11.5. The summed E-state index contributed by atoms with van der Waals surface area (Å²) in [5, 5.41) is 3.84. The molecule has 0 aliphatic heterocycles. The number of nitrogens with two attached hydrogens (primary N) is 1. The van der Waals surface area contributed by atoms with Crippen LogP contribution in [0.3, 0.4) is 0 Å². The van der Waals surface area contributed by atoms with Crippen LogP contribution < -0.4 is 10.6 Å². The Bertz CT molecular complexity index is 310. The van der Waals surface area contributed by atoms with E-state index in [1.165, 1.54) is 0 Å². The molecule has 3 N–H and O–H groups in total. The van der Waals surface area contributed by atoms with Crippen molar-refractivity contribution in [2.24, 2.45) is 10.8 Å². The Morgan fingerprint density at radius 1 is 1.50 bits per heavy atom. The van der Waals surface area contributed by atoms with E-state index in [2.05, 4.69) is 9.94 Å². The van der Waals surface area contributed by atoms with Crippen LogP contribution in [-0.2, 0) is 10.0 Å². The van der Waals surface area contributed by atoms with Crippen LogP contribution in [0.25, 0.3) is 0 Å². The molecule has 0 saturated carbocycles. The number of quaternary nitrogens is 1. The van der Waals surface area contributed by atoms with Crippen LogP contribution in [0.1, 0.15) is 13.8 Å². The lowest BCUT2D eigenvalue weighted by molar-refractivity contribution is -0.808. The number of guanidine groups is 1. The van der Waals surface area contributed by atoms with Crippen molar-refractivity contribution in [3.05, 3.63) is 0 Å². The minimum absolute atomic E-state index is 0.110. The van der Waals surface area contributed by atoms with E-state index in [4.69, 9.17) is 17.5 Å². The fourth-order valence-corrected chi connectivity index (χ4v) is 2.34. The second-order valence-electron chi connectivity index (χ2n) is 2.79. The monoisotopic (exact) mass is 243 g/mol. The van der Waals surface area contributed by atoms with Crippen LogP contribution in [-0.4, -0.2) is 37.7 Å². The highest BCUT2D eigenvalue weighted by Crippen LogP contribution is 2.14. The normalized spacial score (nSPS) is 14.1. The van der Waals surface area contributed by atoms with Gasteiger partial charge in [0.15, 0.2) is 0 Å². The molecular formula is C6H16ClN4O2S+. The molecule has 0 saturated heterocycles. The third-order valence-electron chi connectivity index (χ3n) is 1.99. The van der Waals surface area contributed by atoms with Gasteiger partial charge in [-0.15, -0.1) is 0 Å². The van der Waals surface area contributed by atoms with Gasteiger partial charge in [-0.1, -0.05) is 4.00 Å². The van der Waals surface area contributed by atoms with Crippen molar-refractivity contribution in [2.45, 2.75) is 13.8 Å². The van der Waals surface area contributed by atoms with Gasteiger partial charge in [0, 0.05) is 11.8 Å². The van der Waals surface area contributed by atoms with Crippen molar-refractivity contribution in [3.63, 3.8) is 0 Å². The molecule has 0 heterocycles. The molecule has 0 aliphatic carbocycles. The second kappa shape index (κ2) is 4.81. The predicted molar refractivity (Wildman–Crippen MR) is 56.8 cm³/mol. The third-order valence-corrected chi connectivity index (χ3v) is 4.02. The highest BCUT2D eigenvalue weighted by Gasteiger charge is 2.36. The van der Waals surface area contributed by atoms with E-state index in [1.807, 2.05) is 0 Å². The summed E-state index contributed by atoms with van der Waals surface area (Å²) in [6.07, 6.45) is 1.12. The van der Waals surface area contributed by atoms with Gasteiger partial charge in [0.25, 0.3) is 5.96 Å². The lowest BCUT2D eigenvalue weighted by Crippen LogP contribution is -2.49. The number of nitrogens with one attached hydrogen (secondary N) is 1. The Morgan fingerprint density at radius 2 is 1.93 bits per heavy atom. The van der Waals surface area contributed by atoms with E-state index < -0.39 is 14.0 Å². The summed E-state index contributed by atoms with van der Waals surface area (Å²) in [6, 6.07) is 0. The number of rotatable bonds is 4. The topological polar surface area (TPSA) is 84.5 Å². The van der Waals surface area contributed by atoms with Crippen LogP contribution in [0.5, 0.6) is 0 Å². The zero-order chi connectivity index (χ0) is 11.4. The molecule has 0 aromatic rings. The molecule has 0 spiro atoms. The molecule has 14 heavy (non-hydrogen) atoms. The molecule has 8 heteroatoms. The zero-order valence-corrected chi connectivity index (χ0v) is 10.1. The largest absolute Gasteiger partial charge is 0.364 e. The fourth-order valence-electron chi connectivity index (χ4n) is 1.12. The molecule has 0 aromatic carbocycles. The zero-order valence-electron chi connectivity index (χ0n) is 8.49. The number of halogens is 1. The molecule has 0 aliphatic rings. The van der Waals surface area contributed by atoms with Gasteiger partial charge in [-0.3, -0.25) is 4.84 Å². The first-order valence-electron chi connectivity index (χ1n) is 4.12. The first kappa shape index (κ1) is 13.5. The quantitative estimate of drug-likeness (QED) is 0.235. The first-order valence-corrected chi connectivity index (χ1v) is 6.35.